The number of esters is 2. The number of carbonyl (C=O) groups excluding carboxylic acids is 2. The summed E-state index contributed by atoms with van der Waals surface area (Å²) >= 11 is 0. The standard InChI is InChI=1S/C18H14N8O4/c19-5-7-25-9-15(21-23-25)11-29-17(27)13-1-2-14(4-3-13)18(28)30-12-16-10-26(8-6-20)24-22-16/h1-4,9-10H,7-8,11-12H2. The van der Waals surface area contributed by atoms with E-state index in [1.807, 2.05) is 12.1 Å². The zero-order chi connectivity index (χ0) is 21.3. The molecule has 0 amide bonds. The van der Waals surface area contributed by atoms with E-state index in [1.165, 1.54) is 46.0 Å². The molecule has 1 aromatic carbocycles. The van der Waals surface area contributed by atoms with Crippen LogP contribution in [0, 0.1) is 22.7 Å². The maximum atomic E-state index is 12.1. The zero-order valence-corrected chi connectivity index (χ0v) is 15.5. The van der Waals surface area contributed by atoms with Crippen LogP contribution in [-0.2, 0) is 35.8 Å². The van der Waals surface area contributed by atoms with Crippen molar-refractivity contribution >= 4 is 11.9 Å². The third-order valence-electron chi connectivity index (χ3n) is 3.70. The van der Waals surface area contributed by atoms with Crippen LogP contribution in [0.5, 0.6) is 0 Å². The largest absolute Gasteiger partial charge is 0.455 e. The molecule has 0 fully saturated rings. The summed E-state index contributed by atoms with van der Waals surface area (Å²) in [5.74, 6) is -1.20. The van der Waals surface area contributed by atoms with Gasteiger partial charge in [-0.1, -0.05) is 10.4 Å². The Balaban J connectivity index is 1.50. The summed E-state index contributed by atoms with van der Waals surface area (Å²) in [5.41, 5.74) is 1.31. The minimum Gasteiger partial charge on any atom is -0.455 e. The Kier molecular flexibility index (Phi) is 6.43. The Morgan fingerprint density at radius 3 is 1.57 bits per heavy atom. The van der Waals surface area contributed by atoms with Gasteiger partial charge in [0.15, 0.2) is 0 Å². The number of nitrogens with zero attached hydrogens (tertiary/aromatic N) is 8. The fraction of sp³-hybridized carbons (Fsp3) is 0.222. The molecular formula is C18H14N8O4. The van der Waals surface area contributed by atoms with Gasteiger partial charge in [0.2, 0.25) is 0 Å². The molecule has 0 spiro atoms. The molecule has 0 aliphatic heterocycles. The molecule has 0 atom stereocenters. The second-order valence-electron chi connectivity index (χ2n) is 5.86. The molecule has 30 heavy (non-hydrogen) atoms. The van der Waals surface area contributed by atoms with Crippen LogP contribution in [0.1, 0.15) is 32.1 Å². The normalized spacial score (nSPS) is 10.1. The van der Waals surface area contributed by atoms with Crippen molar-refractivity contribution in [2.45, 2.75) is 26.3 Å². The van der Waals surface area contributed by atoms with Gasteiger partial charge >= 0.3 is 11.9 Å². The molecule has 0 saturated carbocycles. The number of nitriles is 2. The van der Waals surface area contributed by atoms with Crippen LogP contribution < -0.4 is 0 Å². The lowest BCUT2D eigenvalue weighted by atomic mass is 10.1. The second-order valence-corrected chi connectivity index (χ2v) is 5.86. The SMILES string of the molecule is N#CCn1cc(COC(=O)c2ccc(C(=O)OCc3cn(CC#N)nn3)cc2)nn1. The minimum absolute atomic E-state index is 0.0524. The molecule has 0 aliphatic carbocycles. The number of aromatic nitrogens is 6. The third-order valence-corrected chi connectivity index (χ3v) is 3.70. The smallest absolute Gasteiger partial charge is 0.338 e. The fourth-order valence-electron chi connectivity index (χ4n) is 2.30. The number of rotatable bonds is 8. The van der Waals surface area contributed by atoms with Crippen LogP contribution in [0.4, 0.5) is 0 Å². The van der Waals surface area contributed by atoms with Crippen LogP contribution >= 0.6 is 0 Å². The van der Waals surface area contributed by atoms with Gasteiger partial charge < -0.3 is 9.47 Å². The summed E-state index contributed by atoms with van der Waals surface area (Å²) in [7, 11) is 0. The first-order valence-corrected chi connectivity index (χ1v) is 8.55. The van der Waals surface area contributed by atoms with E-state index in [0.717, 1.165) is 0 Å². The Labute approximate surface area is 169 Å². The van der Waals surface area contributed by atoms with Crippen molar-refractivity contribution in [3.63, 3.8) is 0 Å². The Morgan fingerprint density at radius 1 is 0.800 bits per heavy atom. The molecule has 0 bridgehead atoms. The summed E-state index contributed by atoms with van der Waals surface area (Å²) < 4.78 is 12.9. The summed E-state index contributed by atoms with van der Waals surface area (Å²) in [6.07, 6.45) is 3.02. The van der Waals surface area contributed by atoms with E-state index in [9.17, 15) is 9.59 Å². The van der Waals surface area contributed by atoms with Crippen molar-refractivity contribution in [2.24, 2.45) is 0 Å². The van der Waals surface area contributed by atoms with Gasteiger partial charge in [-0.25, -0.2) is 19.0 Å². The predicted molar refractivity (Wildman–Crippen MR) is 96.0 cm³/mol. The van der Waals surface area contributed by atoms with E-state index in [-0.39, 0.29) is 37.4 Å². The first-order chi connectivity index (χ1) is 14.6. The highest BCUT2D eigenvalue weighted by molar-refractivity contribution is 5.93. The van der Waals surface area contributed by atoms with Gasteiger partial charge in [0.25, 0.3) is 0 Å². The highest BCUT2D eigenvalue weighted by Gasteiger charge is 2.13. The molecule has 12 nitrogen and oxygen atoms in total. The molecule has 3 rings (SSSR count). The topological polar surface area (TPSA) is 162 Å². The van der Waals surface area contributed by atoms with Crippen molar-refractivity contribution in [1.29, 1.82) is 10.5 Å². The van der Waals surface area contributed by atoms with Gasteiger partial charge in [-0.2, -0.15) is 10.5 Å². The van der Waals surface area contributed by atoms with E-state index in [0.29, 0.717) is 11.4 Å². The molecule has 150 valence electrons. The van der Waals surface area contributed by atoms with Crippen LogP contribution in [0.2, 0.25) is 0 Å². The maximum absolute atomic E-state index is 12.1. The third kappa shape index (κ3) is 5.24. The molecule has 0 saturated heterocycles. The second kappa shape index (κ2) is 9.57. The van der Waals surface area contributed by atoms with Crippen LogP contribution in [-0.4, -0.2) is 41.9 Å². The monoisotopic (exact) mass is 406 g/mol. The Bertz CT molecular complexity index is 1030. The first kappa shape index (κ1) is 20.2. The Hall–Kier alpha value is -4.58. The molecule has 12 heteroatoms. The van der Waals surface area contributed by atoms with E-state index < -0.39 is 11.9 Å². The summed E-state index contributed by atoms with van der Waals surface area (Å²) in [6, 6.07) is 9.60. The summed E-state index contributed by atoms with van der Waals surface area (Å²) in [5, 5.41) is 32.2. The average molecular weight is 406 g/mol. The lowest BCUT2D eigenvalue weighted by Crippen LogP contribution is -2.08. The molecule has 0 aliphatic rings. The van der Waals surface area contributed by atoms with Gasteiger partial charge in [0.05, 0.1) is 35.7 Å². The van der Waals surface area contributed by atoms with Crippen molar-refractivity contribution < 1.29 is 19.1 Å². The summed E-state index contributed by atoms with van der Waals surface area (Å²) in [4.78, 5) is 24.2. The number of benzene rings is 1. The van der Waals surface area contributed by atoms with E-state index in [1.54, 1.807) is 0 Å². The summed E-state index contributed by atoms with van der Waals surface area (Å²) in [6.45, 7) is -0.0887. The molecule has 0 radical (unpaired) electrons. The Morgan fingerprint density at radius 2 is 1.20 bits per heavy atom. The molecular weight excluding hydrogens is 392 g/mol. The lowest BCUT2D eigenvalue weighted by Gasteiger charge is -2.05. The number of carbonyl (C=O) groups is 2. The van der Waals surface area contributed by atoms with Gasteiger partial charge in [-0.15, -0.1) is 10.2 Å². The van der Waals surface area contributed by atoms with E-state index >= 15 is 0 Å². The number of hydrogen-bond donors (Lipinski definition) is 0. The number of ether oxygens (including phenoxy) is 2. The maximum Gasteiger partial charge on any atom is 0.338 e. The van der Waals surface area contributed by atoms with Crippen LogP contribution in [0.25, 0.3) is 0 Å². The highest BCUT2D eigenvalue weighted by atomic mass is 16.5. The van der Waals surface area contributed by atoms with Gasteiger partial charge in [-0.05, 0) is 24.3 Å². The van der Waals surface area contributed by atoms with Crippen molar-refractivity contribution in [1.82, 2.24) is 30.0 Å². The molecule has 2 heterocycles. The fourth-order valence-corrected chi connectivity index (χ4v) is 2.30. The van der Waals surface area contributed by atoms with Crippen molar-refractivity contribution in [3.8, 4) is 12.1 Å². The zero-order valence-electron chi connectivity index (χ0n) is 15.5. The molecule has 0 unspecified atom stereocenters. The molecule has 3 aromatic rings. The number of hydrogen-bond acceptors (Lipinski definition) is 10. The minimum atomic E-state index is -0.598. The average Bonchev–Trinajstić information content (AvgIpc) is 3.40. The van der Waals surface area contributed by atoms with Crippen molar-refractivity contribution in [3.05, 3.63) is 59.2 Å². The predicted octanol–water partition coefficient (Wildman–Crippen LogP) is 0.631. The highest BCUT2D eigenvalue weighted by Crippen LogP contribution is 2.10. The van der Waals surface area contributed by atoms with Gasteiger partial charge in [0, 0.05) is 0 Å². The van der Waals surface area contributed by atoms with E-state index in [2.05, 4.69) is 20.6 Å². The lowest BCUT2D eigenvalue weighted by molar-refractivity contribution is 0.0453. The molecule has 2 aromatic heterocycles. The van der Waals surface area contributed by atoms with Crippen molar-refractivity contribution in [2.75, 3.05) is 0 Å². The van der Waals surface area contributed by atoms with Gasteiger partial charge in [0.1, 0.15) is 37.7 Å². The van der Waals surface area contributed by atoms with E-state index in [4.69, 9.17) is 20.0 Å². The molecule has 0 N–H and O–H groups in total. The quantitative estimate of drug-likeness (QED) is 0.485. The van der Waals surface area contributed by atoms with Crippen LogP contribution in [0.3, 0.4) is 0 Å². The van der Waals surface area contributed by atoms with Gasteiger partial charge in [-0.3, -0.25) is 0 Å². The van der Waals surface area contributed by atoms with Crippen LogP contribution in [0.15, 0.2) is 36.7 Å². The first-order valence-electron chi connectivity index (χ1n) is 8.55.